The molecule has 1 heterocycles. The van der Waals surface area contributed by atoms with Gasteiger partial charge < -0.3 is 15.5 Å². The monoisotopic (exact) mass is 180 g/mol. The van der Waals surface area contributed by atoms with Gasteiger partial charge in [-0.25, -0.2) is 9.78 Å². The predicted octanol–water partition coefficient (Wildman–Crippen LogP) is -0.696. The largest absolute Gasteiger partial charge is 0.350 e. The van der Waals surface area contributed by atoms with Gasteiger partial charge in [-0.1, -0.05) is 0 Å². The molecule has 0 aliphatic carbocycles. The maximum absolute atomic E-state index is 10.9. The molecule has 1 unspecified atom stereocenters. The number of carbonyl (C=O) groups excluding carboxylic acids is 1. The molecule has 1 rings (SSSR count). The van der Waals surface area contributed by atoms with Crippen molar-refractivity contribution in [2.45, 2.75) is 12.5 Å². The number of ether oxygens (including phenoxy) is 1. The molecule has 0 amide bonds. The van der Waals surface area contributed by atoms with Crippen molar-refractivity contribution in [3.05, 3.63) is 18.2 Å². The Morgan fingerprint density at radius 3 is 3.23 bits per heavy atom. The van der Waals surface area contributed by atoms with Gasteiger partial charge in [-0.05, 0) is 0 Å². The first kappa shape index (κ1) is 9.22. The van der Waals surface area contributed by atoms with Crippen molar-refractivity contribution in [2.24, 2.45) is 5.73 Å². The number of nitrogens with zero attached hydrogens (tertiary/aromatic N) is 2. The van der Waals surface area contributed by atoms with Gasteiger partial charge in [0.05, 0.1) is 6.33 Å². The molecule has 0 radical (unpaired) electrons. The van der Waals surface area contributed by atoms with Crippen LogP contribution in [0.5, 0.6) is 0 Å². The summed E-state index contributed by atoms with van der Waals surface area (Å²) in [6, 6.07) is -0.833. The van der Waals surface area contributed by atoms with Gasteiger partial charge in [0.1, 0.15) is 6.04 Å². The van der Waals surface area contributed by atoms with E-state index in [0.717, 1.165) is 5.69 Å². The van der Waals surface area contributed by atoms with Crippen molar-refractivity contribution < 1.29 is 9.53 Å². The molecule has 0 spiro atoms. The third kappa shape index (κ3) is 2.57. The lowest BCUT2D eigenvalue weighted by Gasteiger charge is -2.04. The summed E-state index contributed by atoms with van der Waals surface area (Å²) in [5, 5.41) is 8.04. The van der Waals surface area contributed by atoms with Crippen LogP contribution in [0.25, 0.3) is 0 Å². The zero-order valence-electron chi connectivity index (χ0n) is 6.73. The standard InChI is InChI=1S/C7H8N4O2/c8-3-13-7(12)6(9)1-5-2-10-4-11-5/h2,4,6H,1,9H2,(H,10,11). The topological polar surface area (TPSA) is 105 Å². The van der Waals surface area contributed by atoms with Gasteiger partial charge >= 0.3 is 5.97 Å². The van der Waals surface area contributed by atoms with E-state index in [1.54, 1.807) is 6.20 Å². The molecule has 0 saturated carbocycles. The van der Waals surface area contributed by atoms with Crippen LogP contribution in [0, 0.1) is 11.5 Å². The van der Waals surface area contributed by atoms with Crippen molar-refractivity contribution in [3.8, 4) is 6.26 Å². The number of carbonyl (C=O) groups is 1. The Morgan fingerprint density at radius 1 is 1.92 bits per heavy atom. The van der Waals surface area contributed by atoms with Crippen LogP contribution in [-0.4, -0.2) is 22.0 Å². The van der Waals surface area contributed by atoms with Crippen LogP contribution in [0.4, 0.5) is 0 Å². The number of hydrogen-bond donors (Lipinski definition) is 2. The molecule has 6 nitrogen and oxygen atoms in total. The Hall–Kier alpha value is -1.87. The normalized spacial score (nSPS) is 11.7. The second-order valence-electron chi connectivity index (χ2n) is 2.40. The molecule has 0 aromatic carbocycles. The lowest BCUT2D eigenvalue weighted by atomic mass is 10.2. The number of aromatic nitrogens is 2. The zero-order chi connectivity index (χ0) is 9.68. The minimum Gasteiger partial charge on any atom is -0.350 e. The molecule has 1 aromatic heterocycles. The highest BCUT2D eigenvalue weighted by Crippen LogP contribution is 1.97. The predicted molar refractivity (Wildman–Crippen MR) is 42.0 cm³/mol. The minimum absolute atomic E-state index is 0.278. The highest BCUT2D eigenvalue weighted by Gasteiger charge is 2.16. The number of esters is 1. The SMILES string of the molecule is N#COC(=O)C(N)Cc1cnc[nH]1. The number of H-pyrrole nitrogens is 1. The summed E-state index contributed by atoms with van der Waals surface area (Å²) < 4.78 is 4.06. The van der Waals surface area contributed by atoms with Crippen LogP contribution < -0.4 is 5.73 Å². The lowest BCUT2D eigenvalue weighted by Crippen LogP contribution is -2.33. The van der Waals surface area contributed by atoms with Crippen LogP contribution in [0.2, 0.25) is 0 Å². The van der Waals surface area contributed by atoms with E-state index in [9.17, 15) is 4.79 Å². The van der Waals surface area contributed by atoms with Gasteiger partial charge in [-0.3, -0.25) is 0 Å². The van der Waals surface area contributed by atoms with Crippen molar-refractivity contribution in [1.82, 2.24) is 9.97 Å². The molecule has 0 aliphatic heterocycles. The van der Waals surface area contributed by atoms with Gasteiger partial charge in [0.25, 0.3) is 6.26 Å². The van der Waals surface area contributed by atoms with E-state index in [2.05, 4.69) is 14.7 Å². The van der Waals surface area contributed by atoms with E-state index < -0.39 is 12.0 Å². The summed E-state index contributed by atoms with van der Waals surface area (Å²) in [6.07, 6.45) is 4.59. The quantitative estimate of drug-likeness (QED) is 0.473. The van der Waals surface area contributed by atoms with E-state index in [1.807, 2.05) is 0 Å². The zero-order valence-corrected chi connectivity index (χ0v) is 6.73. The Bertz CT molecular complexity index is 314. The highest BCUT2D eigenvalue weighted by molar-refractivity contribution is 5.76. The fourth-order valence-electron chi connectivity index (χ4n) is 0.837. The Labute approximate surface area is 74.3 Å². The summed E-state index contributed by atoms with van der Waals surface area (Å²) in [6.45, 7) is 0. The Kier molecular flexibility index (Phi) is 3.00. The van der Waals surface area contributed by atoms with Crippen molar-refractivity contribution >= 4 is 5.97 Å². The van der Waals surface area contributed by atoms with Crippen LogP contribution >= 0.6 is 0 Å². The summed E-state index contributed by atoms with van der Waals surface area (Å²) in [4.78, 5) is 17.4. The van der Waals surface area contributed by atoms with Gasteiger partial charge in [0.15, 0.2) is 0 Å². The second kappa shape index (κ2) is 4.23. The molecule has 1 atom stereocenters. The third-order valence-electron chi connectivity index (χ3n) is 1.44. The third-order valence-corrected chi connectivity index (χ3v) is 1.44. The van der Waals surface area contributed by atoms with E-state index in [1.165, 1.54) is 12.6 Å². The molecule has 13 heavy (non-hydrogen) atoms. The van der Waals surface area contributed by atoms with E-state index in [-0.39, 0.29) is 6.42 Å². The Balaban J connectivity index is 2.47. The Morgan fingerprint density at radius 2 is 2.69 bits per heavy atom. The molecular formula is C7H8N4O2. The molecule has 0 fully saturated rings. The van der Waals surface area contributed by atoms with Crippen LogP contribution in [-0.2, 0) is 16.0 Å². The van der Waals surface area contributed by atoms with Crippen LogP contribution in [0.15, 0.2) is 12.5 Å². The summed E-state index contributed by atoms with van der Waals surface area (Å²) in [5.74, 6) is -0.739. The smallest absolute Gasteiger partial charge is 0.338 e. The number of nitrogens with two attached hydrogens (primary N) is 1. The summed E-state index contributed by atoms with van der Waals surface area (Å²) in [7, 11) is 0. The van der Waals surface area contributed by atoms with E-state index in [4.69, 9.17) is 11.0 Å². The van der Waals surface area contributed by atoms with Crippen molar-refractivity contribution in [3.63, 3.8) is 0 Å². The molecule has 1 aromatic rings. The number of imidazole rings is 1. The van der Waals surface area contributed by atoms with Crippen molar-refractivity contribution in [1.29, 1.82) is 5.26 Å². The lowest BCUT2D eigenvalue weighted by molar-refractivity contribution is -0.138. The molecule has 68 valence electrons. The van der Waals surface area contributed by atoms with Crippen LogP contribution in [0.3, 0.4) is 0 Å². The number of rotatable bonds is 3. The molecule has 0 bridgehead atoms. The number of aromatic amines is 1. The maximum atomic E-state index is 10.9. The van der Waals surface area contributed by atoms with Gasteiger partial charge in [-0.2, -0.15) is 0 Å². The average molecular weight is 180 g/mol. The van der Waals surface area contributed by atoms with Gasteiger partial charge in [0.2, 0.25) is 0 Å². The number of nitriles is 1. The summed E-state index contributed by atoms with van der Waals surface area (Å²) >= 11 is 0. The average Bonchev–Trinajstić information content (AvgIpc) is 2.57. The minimum atomic E-state index is -0.833. The van der Waals surface area contributed by atoms with Crippen molar-refractivity contribution in [2.75, 3.05) is 0 Å². The van der Waals surface area contributed by atoms with Gasteiger partial charge in [-0.15, -0.1) is 5.26 Å². The first-order valence-electron chi connectivity index (χ1n) is 3.56. The van der Waals surface area contributed by atoms with E-state index >= 15 is 0 Å². The first-order valence-corrected chi connectivity index (χ1v) is 3.56. The number of hydrogen-bond acceptors (Lipinski definition) is 5. The molecular weight excluding hydrogens is 172 g/mol. The maximum Gasteiger partial charge on any atom is 0.338 e. The second-order valence-corrected chi connectivity index (χ2v) is 2.40. The molecule has 6 heteroatoms. The molecule has 0 saturated heterocycles. The fourth-order valence-corrected chi connectivity index (χ4v) is 0.837. The fraction of sp³-hybridized carbons (Fsp3) is 0.286. The molecule has 0 aliphatic rings. The van der Waals surface area contributed by atoms with Crippen LogP contribution in [0.1, 0.15) is 5.69 Å². The van der Waals surface area contributed by atoms with Gasteiger partial charge in [0, 0.05) is 18.3 Å². The highest BCUT2D eigenvalue weighted by atomic mass is 16.5. The molecule has 3 N–H and O–H groups in total. The number of nitrogens with one attached hydrogen (secondary N) is 1. The summed E-state index contributed by atoms with van der Waals surface area (Å²) in [5.41, 5.74) is 6.15. The first-order chi connectivity index (χ1) is 6.24. The van der Waals surface area contributed by atoms with E-state index in [0.29, 0.717) is 0 Å².